The second-order valence-electron chi connectivity index (χ2n) is 5.65. The number of carbonyl (C=O) groups is 2. The maximum atomic E-state index is 12.5. The van der Waals surface area contributed by atoms with E-state index < -0.39 is 0 Å². The van der Waals surface area contributed by atoms with Gasteiger partial charge < -0.3 is 16.4 Å². The van der Waals surface area contributed by atoms with Gasteiger partial charge >= 0.3 is 0 Å². The Morgan fingerprint density at radius 3 is 2.57 bits per heavy atom. The number of benzene rings is 1. The Morgan fingerprint density at radius 2 is 1.95 bits per heavy atom. The van der Waals surface area contributed by atoms with Crippen LogP contribution in [0.5, 0.6) is 0 Å². The molecule has 0 aromatic heterocycles. The summed E-state index contributed by atoms with van der Waals surface area (Å²) < 4.78 is 0. The second-order valence-corrected chi connectivity index (χ2v) is 5.65. The number of hydrogen-bond donors (Lipinski definition) is 2. The van der Waals surface area contributed by atoms with Gasteiger partial charge in [0.25, 0.3) is 5.91 Å². The Labute approximate surface area is 125 Å². The minimum absolute atomic E-state index is 0.0615. The summed E-state index contributed by atoms with van der Waals surface area (Å²) in [6.45, 7) is 1.96. The van der Waals surface area contributed by atoms with E-state index in [1.54, 1.807) is 0 Å². The van der Waals surface area contributed by atoms with Crippen LogP contribution in [0.15, 0.2) is 24.3 Å². The second kappa shape index (κ2) is 7.22. The van der Waals surface area contributed by atoms with Crippen LogP contribution >= 0.6 is 0 Å². The molecule has 1 aliphatic heterocycles. The third-order valence-corrected chi connectivity index (χ3v) is 4.00. The number of nitrogens with two attached hydrogens (primary N) is 2. The van der Waals surface area contributed by atoms with Gasteiger partial charge in [0.1, 0.15) is 0 Å². The van der Waals surface area contributed by atoms with Crippen molar-refractivity contribution in [1.29, 1.82) is 0 Å². The molecule has 0 spiro atoms. The van der Waals surface area contributed by atoms with Crippen LogP contribution in [-0.4, -0.2) is 36.3 Å². The standard InChI is InChI=1S/C16H23N3O2/c17-7-4-12-2-1-3-14(10-12)16(21)19-8-5-13(6-9-19)11-15(18)20/h1-3,10,13H,4-9,11,17H2,(H2,18,20). The van der Waals surface area contributed by atoms with Crippen LogP contribution in [0.4, 0.5) is 0 Å². The quantitative estimate of drug-likeness (QED) is 0.844. The van der Waals surface area contributed by atoms with Crippen molar-refractivity contribution in [3.8, 4) is 0 Å². The van der Waals surface area contributed by atoms with Crippen molar-refractivity contribution in [2.75, 3.05) is 19.6 Å². The van der Waals surface area contributed by atoms with Crippen LogP contribution < -0.4 is 11.5 Å². The summed E-state index contributed by atoms with van der Waals surface area (Å²) in [4.78, 5) is 25.3. The normalized spacial score (nSPS) is 16.0. The van der Waals surface area contributed by atoms with Gasteiger partial charge in [-0.2, -0.15) is 0 Å². The van der Waals surface area contributed by atoms with Crippen molar-refractivity contribution < 1.29 is 9.59 Å². The minimum Gasteiger partial charge on any atom is -0.370 e. The van der Waals surface area contributed by atoms with Gasteiger partial charge in [-0.05, 0) is 49.4 Å². The minimum atomic E-state index is -0.255. The van der Waals surface area contributed by atoms with E-state index in [0.29, 0.717) is 37.5 Å². The first-order valence-electron chi connectivity index (χ1n) is 7.46. The van der Waals surface area contributed by atoms with Crippen LogP contribution in [0.25, 0.3) is 0 Å². The van der Waals surface area contributed by atoms with Gasteiger partial charge in [-0.25, -0.2) is 0 Å². The van der Waals surface area contributed by atoms with Crippen molar-refractivity contribution in [3.63, 3.8) is 0 Å². The molecule has 1 heterocycles. The van der Waals surface area contributed by atoms with E-state index in [0.717, 1.165) is 24.8 Å². The summed E-state index contributed by atoms with van der Waals surface area (Å²) >= 11 is 0. The molecular weight excluding hydrogens is 266 g/mol. The van der Waals surface area contributed by atoms with E-state index in [1.165, 1.54) is 0 Å². The van der Waals surface area contributed by atoms with E-state index in [-0.39, 0.29) is 11.8 Å². The lowest BCUT2D eigenvalue weighted by Crippen LogP contribution is -2.39. The highest BCUT2D eigenvalue weighted by Gasteiger charge is 2.24. The molecule has 0 unspecified atom stereocenters. The third-order valence-electron chi connectivity index (χ3n) is 4.00. The summed E-state index contributed by atoms with van der Waals surface area (Å²) in [7, 11) is 0. The molecule has 4 N–H and O–H groups in total. The van der Waals surface area contributed by atoms with Crippen LogP contribution in [0.3, 0.4) is 0 Å². The summed E-state index contributed by atoms with van der Waals surface area (Å²) in [6, 6.07) is 7.66. The van der Waals surface area contributed by atoms with Crippen LogP contribution in [0.1, 0.15) is 35.2 Å². The smallest absolute Gasteiger partial charge is 0.253 e. The predicted molar refractivity (Wildman–Crippen MR) is 81.6 cm³/mol. The lowest BCUT2D eigenvalue weighted by Gasteiger charge is -2.31. The molecule has 1 aromatic rings. The highest BCUT2D eigenvalue weighted by atomic mass is 16.2. The molecule has 2 amide bonds. The number of rotatable bonds is 5. The molecule has 0 aliphatic carbocycles. The van der Waals surface area contributed by atoms with E-state index >= 15 is 0 Å². The van der Waals surface area contributed by atoms with Crippen molar-refractivity contribution in [2.24, 2.45) is 17.4 Å². The van der Waals surface area contributed by atoms with Gasteiger partial charge in [0.2, 0.25) is 5.91 Å². The number of piperidine rings is 1. The van der Waals surface area contributed by atoms with E-state index in [9.17, 15) is 9.59 Å². The molecule has 2 rings (SSSR count). The molecule has 1 saturated heterocycles. The molecule has 114 valence electrons. The lowest BCUT2D eigenvalue weighted by atomic mass is 9.93. The number of amides is 2. The topological polar surface area (TPSA) is 89.4 Å². The fourth-order valence-electron chi connectivity index (χ4n) is 2.83. The zero-order valence-electron chi connectivity index (χ0n) is 12.3. The maximum Gasteiger partial charge on any atom is 0.253 e. The van der Waals surface area contributed by atoms with Crippen LogP contribution in [0.2, 0.25) is 0 Å². The average Bonchev–Trinajstić information content (AvgIpc) is 2.47. The van der Waals surface area contributed by atoms with Crippen LogP contribution in [-0.2, 0) is 11.2 Å². The van der Waals surface area contributed by atoms with Crippen molar-refractivity contribution >= 4 is 11.8 Å². The fraction of sp³-hybridized carbons (Fsp3) is 0.500. The monoisotopic (exact) mass is 289 g/mol. The zero-order valence-corrected chi connectivity index (χ0v) is 12.3. The Bertz CT molecular complexity index is 508. The van der Waals surface area contributed by atoms with Gasteiger partial charge in [-0.15, -0.1) is 0 Å². The molecule has 0 atom stereocenters. The molecular formula is C16H23N3O2. The molecule has 1 fully saturated rings. The van der Waals surface area contributed by atoms with Gasteiger partial charge in [0.05, 0.1) is 0 Å². The number of hydrogen-bond acceptors (Lipinski definition) is 3. The maximum absolute atomic E-state index is 12.5. The average molecular weight is 289 g/mol. The Morgan fingerprint density at radius 1 is 1.24 bits per heavy atom. The number of nitrogens with zero attached hydrogens (tertiary/aromatic N) is 1. The van der Waals surface area contributed by atoms with Crippen LogP contribution in [0, 0.1) is 5.92 Å². The molecule has 0 bridgehead atoms. The van der Waals surface area contributed by atoms with Gasteiger partial charge in [-0.3, -0.25) is 9.59 Å². The summed E-state index contributed by atoms with van der Waals surface area (Å²) in [5, 5.41) is 0. The van der Waals surface area contributed by atoms with Gasteiger partial charge in [0, 0.05) is 25.1 Å². The van der Waals surface area contributed by atoms with Gasteiger partial charge in [0.15, 0.2) is 0 Å². The first kappa shape index (κ1) is 15.5. The van der Waals surface area contributed by atoms with E-state index in [1.807, 2.05) is 29.2 Å². The summed E-state index contributed by atoms with van der Waals surface area (Å²) in [5.41, 5.74) is 12.6. The molecule has 0 saturated carbocycles. The predicted octanol–water partition coefficient (Wildman–Crippen LogP) is 0.915. The van der Waals surface area contributed by atoms with Gasteiger partial charge in [-0.1, -0.05) is 12.1 Å². The molecule has 5 nitrogen and oxygen atoms in total. The van der Waals surface area contributed by atoms with Crippen molar-refractivity contribution in [1.82, 2.24) is 4.90 Å². The number of primary amides is 1. The fourth-order valence-corrected chi connectivity index (χ4v) is 2.83. The molecule has 5 heteroatoms. The molecule has 1 aromatic carbocycles. The highest BCUT2D eigenvalue weighted by Crippen LogP contribution is 2.21. The Kier molecular flexibility index (Phi) is 5.33. The SMILES string of the molecule is NCCc1cccc(C(=O)N2CCC(CC(N)=O)CC2)c1. The number of carbonyl (C=O) groups excluding carboxylic acids is 2. The first-order valence-corrected chi connectivity index (χ1v) is 7.46. The molecule has 21 heavy (non-hydrogen) atoms. The Hall–Kier alpha value is -1.88. The van der Waals surface area contributed by atoms with Crippen molar-refractivity contribution in [2.45, 2.75) is 25.7 Å². The molecule has 1 aliphatic rings. The summed E-state index contributed by atoms with van der Waals surface area (Å²) in [6.07, 6.45) is 2.89. The van der Waals surface area contributed by atoms with E-state index in [2.05, 4.69) is 0 Å². The lowest BCUT2D eigenvalue weighted by molar-refractivity contribution is -0.119. The largest absolute Gasteiger partial charge is 0.370 e. The molecule has 0 radical (unpaired) electrons. The third kappa shape index (κ3) is 4.29. The summed E-state index contributed by atoms with van der Waals surface area (Å²) in [5.74, 6) is 0.121. The van der Waals surface area contributed by atoms with E-state index in [4.69, 9.17) is 11.5 Å². The number of likely N-dealkylation sites (tertiary alicyclic amines) is 1. The zero-order chi connectivity index (χ0) is 15.2. The highest BCUT2D eigenvalue weighted by molar-refractivity contribution is 5.94. The van der Waals surface area contributed by atoms with Crippen molar-refractivity contribution in [3.05, 3.63) is 35.4 Å². The first-order chi connectivity index (χ1) is 10.1. The Balaban J connectivity index is 1.95.